The number of hydrogen-bond donors (Lipinski definition) is 3. The quantitative estimate of drug-likeness (QED) is 0.551. The molecular formula is C22H28BrN5O3. The summed E-state index contributed by atoms with van der Waals surface area (Å²) in [5, 5.41) is 16.4. The van der Waals surface area contributed by atoms with Crippen molar-refractivity contribution in [3.05, 3.63) is 34.4 Å². The van der Waals surface area contributed by atoms with Gasteiger partial charge in [-0.25, -0.2) is 0 Å². The van der Waals surface area contributed by atoms with E-state index in [1.54, 1.807) is 13.2 Å². The number of benzene rings is 1. The number of aromatic nitrogens is 2. The predicted octanol–water partition coefficient (Wildman–Crippen LogP) is 4.51. The molecule has 2 aliphatic rings. The summed E-state index contributed by atoms with van der Waals surface area (Å²) in [6.45, 7) is 2.28. The highest BCUT2D eigenvalue weighted by atomic mass is 79.9. The van der Waals surface area contributed by atoms with E-state index >= 15 is 0 Å². The molecule has 1 aromatic heterocycles. The molecule has 0 spiro atoms. The molecule has 0 unspecified atom stereocenters. The number of halogens is 1. The molecule has 2 aromatic rings. The smallest absolute Gasteiger partial charge is 0.273 e. The van der Waals surface area contributed by atoms with Crippen LogP contribution < -0.4 is 20.7 Å². The van der Waals surface area contributed by atoms with Crippen LogP contribution in [0.25, 0.3) is 0 Å². The number of rotatable bonds is 6. The van der Waals surface area contributed by atoms with Crippen LogP contribution in [-0.2, 0) is 4.79 Å². The van der Waals surface area contributed by atoms with Crippen molar-refractivity contribution in [3.63, 3.8) is 0 Å². The lowest BCUT2D eigenvalue weighted by Crippen LogP contribution is -2.29. The third-order valence-corrected chi connectivity index (χ3v) is 5.89. The first-order chi connectivity index (χ1) is 14.9. The fourth-order valence-corrected chi connectivity index (χ4v) is 3.39. The average Bonchev–Trinajstić information content (AvgIpc) is 3.49. The van der Waals surface area contributed by atoms with E-state index in [0.29, 0.717) is 17.1 Å². The number of anilines is 3. The lowest BCUT2D eigenvalue weighted by Gasteiger charge is -2.23. The third kappa shape index (κ3) is 6.16. The summed E-state index contributed by atoms with van der Waals surface area (Å²) in [4.78, 5) is 24.3. The van der Waals surface area contributed by atoms with Gasteiger partial charge in [0.2, 0.25) is 5.91 Å². The fraction of sp³-hybridized carbons (Fsp3) is 0.455. The Balaban J connectivity index is 0.000000610. The summed E-state index contributed by atoms with van der Waals surface area (Å²) in [6.07, 6.45) is 5.81. The zero-order chi connectivity index (χ0) is 22.4. The molecule has 0 radical (unpaired) electrons. The van der Waals surface area contributed by atoms with Crippen molar-refractivity contribution < 1.29 is 14.3 Å². The van der Waals surface area contributed by atoms with Crippen LogP contribution in [0.2, 0.25) is 0 Å². The molecule has 3 N–H and O–H groups in total. The van der Waals surface area contributed by atoms with E-state index < -0.39 is 5.91 Å². The maximum atomic E-state index is 12.2. The van der Waals surface area contributed by atoms with Gasteiger partial charge in [-0.2, -0.15) is 0 Å². The highest BCUT2D eigenvalue weighted by molar-refractivity contribution is 9.10. The largest absolute Gasteiger partial charge is 0.493 e. The molecule has 0 aliphatic heterocycles. The highest BCUT2D eigenvalue weighted by Gasteiger charge is 2.26. The topological polar surface area (TPSA) is 105 Å². The molecular weight excluding hydrogens is 462 g/mol. The van der Waals surface area contributed by atoms with E-state index in [1.165, 1.54) is 19.9 Å². The van der Waals surface area contributed by atoms with Crippen molar-refractivity contribution in [2.75, 3.05) is 24.8 Å². The van der Waals surface area contributed by atoms with Crippen LogP contribution in [0.15, 0.2) is 28.7 Å². The Morgan fingerprint density at radius 2 is 1.84 bits per heavy atom. The maximum Gasteiger partial charge on any atom is 0.273 e. The monoisotopic (exact) mass is 489 g/mol. The Hall–Kier alpha value is -2.68. The molecule has 2 saturated carbocycles. The van der Waals surface area contributed by atoms with Gasteiger partial charge in [0.25, 0.3) is 5.91 Å². The first-order valence-electron chi connectivity index (χ1n) is 10.4. The maximum absolute atomic E-state index is 12.2. The molecule has 0 saturated heterocycles. The van der Waals surface area contributed by atoms with Crippen LogP contribution in [0, 0.1) is 11.8 Å². The molecule has 2 aliphatic carbocycles. The number of nitrogens with zero attached hydrogens (tertiary/aromatic N) is 2. The van der Waals surface area contributed by atoms with Gasteiger partial charge in [-0.1, -0.05) is 32.3 Å². The molecule has 31 heavy (non-hydrogen) atoms. The van der Waals surface area contributed by atoms with Gasteiger partial charge in [0.05, 0.1) is 23.0 Å². The average molecular weight is 490 g/mol. The molecule has 2 fully saturated rings. The van der Waals surface area contributed by atoms with Gasteiger partial charge in [0.15, 0.2) is 17.3 Å². The minimum absolute atomic E-state index is 0.0204. The number of para-hydroxylation sites is 1. The van der Waals surface area contributed by atoms with Crippen LogP contribution in [0.3, 0.4) is 0 Å². The Morgan fingerprint density at radius 1 is 1.13 bits per heavy atom. The molecule has 0 atom stereocenters. The molecule has 9 heteroatoms. The second-order valence-electron chi connectivity index (χ2n) is 7.82. The Labute approximate surface area is 190 Å². The summed E-state index contributed by atoms with van der Waals surface area (Å²) in [5.74, 6) is 1.50. The third-order valence-electron chi connectivity index (χ3n) is 5.27. The number of carbonyl (C=O) groups is 2. The van der Waals surface area contributed by atoms with Gasteiger partial charge in [0.1, 0.15) is 0 Å². The van der Waals surface area contributed by atoms with Crippen LogP contribution in [0.4, 0.5) is 17.2 Å². The number of ether oxygens (including phenoxy) is 1. The molecule has 0 bridgehead atoms. The van der Waals surface area contributed by atoms with E-state index in [0.717, 1.165) is 29.7 Å². The van der Waals surface area contributed by atoms with Crippen molar-refractivity contribution in [2.24, 2.45) is 11.8 Å². The summed E-state index contributed by atoms with van der Waals surface area (Å²) < 4.78 is 6.17. The van der Waals surface area contributed by atoms with Crippen LogP contribution in [0.5, 0.6) is 5.75 Å². The van der Waals surface area contributed by atoms with Gasteiger partial charge < -0.3 is 20.7 Å². The van der Waals surface area contributed by atoms with Gasteiger partial charge >= 0.3 is 0 Å². The number of methoxy groups -OCH3 is 1. The van der Waals surface area contributed by atoms with Gasteiger partial charge in [-0.15, -0.1) is 10.2 Å². The first kappa shape index (κ1) is 23.0. The normalized spacial score (nSPS) is 15.1. The minimum Gasteiger partial charge on any atom is -0.493 e. The molecule has 2 amide bonds. The van der Waals surface area contributed by atoms with Crippen LogP contribution in [0.1, 0.15) is 49.5 Å². The zero-order valence-electron chi connectivity index (χ0n) is 18.0. The number of carbonyl (C=O) groups excluding carboxylic acids is 2. The van der Waals surface area contributed by atoms with E-state index in [-0.39, 0.29) is 23.3 Å². The Kier molecular flexibility index (Phi) is 7.84. The molecule has 166 valence electrons. The van der Waals surface area contributed by atoms with Crippen molar-refractivity contribution in [2.45, 2.75) is 39.0 Å². The summed E-state index contributed by atoms with van der Waals surface area (Å²) in [5.41, 5.74) is 1.16. The zero-order valence-corrected chi connectivity index (χ0v) is 19.6. The molecule has 4 rings (SSSR count). The van der Waals surface area contributed by atoms with E-state index in [9.17, 15) is 9.59 Å². The first-order valence-corrected chi connectivity index (χ1v) is 11.2. The van der Waals surface area contributed by atoms with Crippen molar-refractivity contribution in [3.8, 4) is 5.75 Å². The van der Waals surface area contributed by atoms with E-state index in [1.807, 2.05) is 18.2 Å². The summed E-state index contributed by atoms with van der Waals surface area (Å²) >= 11 is 3.43. The van der Waals surface area contributed by atoms with Gasteiger partial charge in [-0.05, 0) is 46.8 Å². The molecule has 8 nitrogen and oxygen atoms in total. The molecule has 1 aromatic carbocycles. The lowest BCUT2D eigenvalue weighted by molar-refractivity contribution is -0.122. The second kappa shape index (κ2) is 10.6. The number of nitrogens with one attached hydrogen (secondary N) is 3. The Bertz CT molecular complexity index is 945. The minimum atomic E-state index is -0.393. The lowest BCUT2D eigenvalue weighted by atomic mass is 9.85. The van der Waals surface area contributed by atoms with E-state index in [4.69, 9.17) is 4.74 Å². The number of amides is 2. The van der Waals surface area contributed by atoms with Gasteiger partial charge in [0, 0.05) is 19.0 Å². The van der Waals surface area contributed by atoms with Crippen LogP contribution >= 0.6 is 15.9 Å². The number of hydrogen-bond acceptors (Lipinski definition) is 6. The van der Waals surface area contributed by atoms with Crippen molar-refractivity contribution in [1.29, 1.82) is 0 Å². The van der Waals surface area contributed by atoms with Crippen LogP contribution in [-0.4, -0.2) is 36.2 Å². The Morgan fingerprint density at radius 3 is 2.39 bits per heavy atom. The molecule has 1 heterocycles. The highest BCUT2D eigenvalue weighted by Crippen LogP contribution is 2.35. The second-order valence-corrected chi connectivity index (χ2v) is 8.67. The summed E-state index contributed by atoms with van der Waals surface area (Å²) in [6, 6.07) is 7.08. The van der Waals surface area contributed by atoms with Crippen molar-refractivity contribution in [1.82, 2.24) is 15.5 Å². The fourth-order valence-electron chi connectivity index (χ4n) is 2.86. The standard InChI is InChI=1S/C18H20BrN5O3.C4H8/c1-20-18(26)15-13(21-12-8-4-7-11(19)16(12)27-2)9-14(23-24-15)22-17(25)10-5-3-6-10;1-4-2-3-4/h4,7-10H,3,5-6H2,1-2H3,(H,20,26)(H2,21,22,23,25);4H,2-3H2,1H3. The van der Waals surface area contributed by atoms with Crippen molar-refractivity contribution >= 4 is 44.9 Å². The van der Waals surface area contributed by atoms with E-state index in [2.05, 4.69) is 49.0 Å². The SMILES string of the molecule is CC1CC1.CNC(=O)c1nnc(NC(=O)C2CCC2)cc1Nc1cccc(Br)c1OC. The van der Waals surface area contributed by atoms with Gasteiger partial charge in [-0.3, -0.25) is 9.59 Å². The predicted molar refractivity (Wildman–Crippen MR) is 124 cm³/mol. The summed E-state index contributed by atoms with van der Waals surface area (Å²) in [7, 11) is 3.07.